The van der Waals surface area contributed by atoms with Gasteiger partial charge in [0.15, 0.2) is 0 Å². The molecule has 2 heterocycles. The maximum absolute atomic E-state index is 10.4. The van der Waals surface area contributed by atoms with Crippen LogP contribution < -0.4 is 0 Å². The number of aldehydes is 1. The SMILES string of the molecule is O=CCc1nc(Br)c2c(Cl)cccn12. The van der Waals surface area contributed by atoms with E-state index in [1.807, 2.05) is 12.3 Å². The van der Waals surface area contributed by atoms with Crippen LogP contribution in [-0.2, 0) is 11.2 Å². The average Bonchev–Trinajstić information content (AvgIpc) is 2.46. The lowest BCUT2D eigenvalue weighted by molar-refractivity contribution is -0.107. The van der Waals surface area contributed by atoms with Gasteiger partial charge in [-0.15, -0.1) is 0 Å². The first-order valence-corrected chi connectivity index (χ1v) is 5.15. The van der Waals surface area contributed by atoms with Crippen LogP contribution in [0.2, 0.25) is 5.02 Å². The number of carbonyl (C=O) groups excluding carboxylic acids is 1. The first kappa shape index (κ1) is 9.68. The van der Waals surface area contributed by atoms with Crippen molar-refractivity contribution in [3.05, 3.63) is 33.8 Å². The molecule has 0 unspecified atom stereocenters. The molecule has 0 spiro atoms. The Morgan fingerprint density at radius 2 is 2.43 bits per heavy atom. The van der Waals surface area contributed by atoms with Crippen LogP contribution in [0, 0.1) is 0 Å². The van der Waals surface area contributed by atoms with Crippen LogP contribution in [0.15, 0.2) is 22.9 Å². The summed E-state index contributed by atoms with van der Waals surface area (Å²) in [6.07, 6.45) is 2.94. The second-order valence-corrected chi connectivity index (χ2v) is 3.92. The fourth-order valence-electron chi connectivity index (χ4n) is 1.33. The van der Waals surface area contributed by atoms with E-state index in [-0.39, 0.29) is 6.42 Å². The molecular formula is C9H6BrClN2O. The smallest absolute Gasteiger partial charge is 0.133 e. The lowest BCUT2D eigenvalue weighted by atomic mass is 10.4. The molecule has 2 rings (SSSR count). The molecule has 0 aliphatic carbocycles. The van der Waals surface area contributed by atoms with Gasteiger partial charge in [-0.3, -0.25) is 0 Å². The van der Waals surface area contributed by atoms with E-state index >= 15 is 0 Å². The summed E-state index contributed by atoms with van der Waals surface area (Å²) in [5.41, 5.74) is 0.797. The van der Waals surface area contributed by atoms with E-state index < -0.39 is 0 Å². The molecule has 0 bridgehead atoms. The van der Waals surface area contributed by atoms with Gasteiger partial charge in [-0.25, -0.2) is 4.98 Å². The van der Waals surface area contributed by atoms with Crippen molar-refractivity contribution < 1.29 is 4.79 Å². The topological polar surface area (TPSA) is 34.4 Å². The molecule has 3 nitrogen and oxygen atoms in total. The number of hydrogen-bond donors (Lipinski definition) is 0. The van der Waals surface area contributed by atoms with Crippen LogP contribution in [0.25, 0.3) is 5.52 Å². The molecule has 0 saturated heterocycles. The van der Waals surface area contributed by atoms with Gasteiger partial charge in [0, 0.05) is 6.20 Å². The summed E-state index contributed by atoms with van der Waals surface area (Å²) in [4.78, 5) is 14.6. The highest BCUT2D eigenvalue weighted by atomic mass is 79.9. The number of carbonyl (C=O) groups is 1. The maximum atomic E-state index is 10.4. The Bertz CT molecular complexity index is 495. The van der Waals surface area contributed by atoms with Crippen LogP contribution in [0.5, 0.6) is 0 Å². The molecule has 5 heteroatoms. The normalized spacial score (nSPS) is 10.7. The number of fused-ring (bicyclic) bond motifs is 1. The number of halogens is 2. The lowest BCUT2D eigenvalue weighted by Gasteiger charge is -1.98. The molecule has 2 aromatic rings. The molecule has 0 amide bonds. The molecule has 0 N–H and O–H groups in total. The van der Waals surface area contributed by atoms with Crippen LogP contribution in [0.1, 0.15) is 5.82 Å². The molecule has 0 aliphatic rings. The fraction of sp³-hybridized carbons (Fsp3) is 0.111. The van der Waals surface area contributed by atoms with Gasteiger partial charge in [-0.2, -0.15) is 0 Å². The summed E-state index contributed by atoms with van der Waals surface area (Å²) in [6, 6.07) is 3.60. The third-order valence-electron chi connectivity index (χ3n) is 1.91. The average molecular weight is 274 g/mol. The predicted molar refractivity (Wildman–Crippen MR) is 57.7 cm³/mol. The molecule has 0 aromatic carbocycles. The van der Waals surface area contributed by atoms with Gasteiger partial charge in [0.1, 0.15) is 16.7 Å². The van der Waals surface area contributed by atoms with E-state index in [0.717, 1.165) is 11.8 Å². The number of pyridine rings is 1. The van der Waals surface area contributed by atoms with E-state index in [0.29, 0.717) is 15.5 Å². The molecular weight excluding hydrogens is 267 g/mol. The van der Waals surface area contributed by atoms with Gasteiger partial charge >= 0.3 is 0 Å². The molecule has 0 radical (unpaired) electrons. The van der Waals surface area contributed by atoms with Crippen molar-refractivity contribution in [2.75, 3.05) is 0 Å². The van der Waals surface area contributed by atoms with Crippen LogP contribution in [0.3, 0.4) is 0 Å². The minimum atomic E-state index is 0.285. The minimum Gasteiger partial charge on any atom is -0.303 e. The number of imidazole rings is 1. The monoisotopic (exact) mass is 272 g/mol. The first-order chi connectivity index (χ1) is 6.74. The van der Waals surface area contributed by atoms with Crippen molar-refractivity contribution in [2.24, 2.45) is 0 Å². The highest BCUT2D eigenvalue weighted by molar-refractivity contribution is 9.10. The Morgan fingerprint density at radius 1 is 1.64 bits per heavy atom. The quantitative estimate of drug-likeness (QED) is 0.788. The number of rotatable bonds is 2. The van der Waals surface area contributed by atoms with Gasteiger partial charge in [0.2, 0.25) is 0 Å². The molecule has 0 fully saturated rings. The van der Waals surface area contributed by atoms with Crippen molar-refractivity contribution in [3.63, 3.8) is 0 Å². The number of nitrogens with zero attached hydrogens (tertiary/aromatic N) is 2. The third kappa shape index (κ3) is 1.44. The van der Waals surface area contributed by atoms with E-state index in [4.69, 9.17) is 11.6 Å². The number of aromatic nitrogens is 2. The van der Waals surface area contributed by atoms with Gasteiger partial charge in [0.05, 0.1) is 17.0 Å². The van der Waals surface area contributed by atoms with Gasteiger partial charge in [0.25, 0.3) is 0 Å². The van der Waals surface area contributed by atoms with Crippen molar-refractivity contribution in [1.29, 1.82) is 0 Å². The first-order valence-electron chi connectivity index (χ1n) is 3.98. The summed E-state index contributed by atoms with van der Waals surface area (Å²) < 4.78 is 2.47. The Kier molecular flexibility index (Phi) is 2.56. The van der Waals surface area contributed by atoms with Crippen LogP contribution in [-0.4, -0.2) is 15.7 Å². The zero-order valence-corrected chi connectivity index (χ0v) is 9.42. The molecule has 72 valence electrons. The second kappa shape index (κ2) is 3.71. The van der Waals surface area contributed by atoms with Gasteiger partial charge < -0.3 is 9.20 Å². The summed E-state index contributed by atoms with van der Waals surface area (Å²) >= 11 is 9.30. The van der Waals surface area contributed by atoms with Crippen molar-refractivity contribution in [2.45, 2.75) is 6.42 Å². The molecule has 0 atom stereocenters. The summed E-state index contributed by atoms with van der Waals surface area (Å²) in [6.45, 7) is 0. The second-order valence-electron chi connectivity index (χ2n) is 2.76. The lowest BCUT2D eigenvalue weighted by Crippen LogP contribution is -1.94. The van der Waals surface area contributed by atoms with E-state index in [1.54, 1.807) is 10.5 Å². The van der Waals surface area contributed by atoms with E-state index in [1.165, 1.54) is 0 Å². The summed E-state index contributed by atoms with van der Waals surface area (Å²) in [5, 5.41) is 0.615. The Labute approximate surface area is 93.8 Å². The summed E-state index contributed by atoms with van der Waals surface area (Å²) in [7, 11) is 0. The minimum absolute atomic E-state index is 0.285. The summed E-state index contributed by atoms with van der Waals surface area (Å²) in [5.74, 6) is 0.685. The fourth-order valence-corrected chi connectivity index (χ4v) is 2.31. The Hall–Kier alpha value is -0.870. The van der Waals surface area contributed by atoms with Gasteiger partial charge in [-0.1, -0.05) is 11.6 Å². The largest absolute Gasteiger partial charge is 0.303 e. The van der Waals surface area contributed by atoms with E-state index in [9.17, 15) is 4.79 Å². The van der Waals surface area contributed by atoms with Crippen LogP contribution in [0.4, 0.5) is 0 Å². The molecule has 2 aromatic heterocycles. The molecule has 0 aliphatic heterocycles. The van der Waals surface area contributed by atoms with Crippen molar-refractivity contribution in [1.82, 2.24) is 9.38 Å². The highest BCUT2D eigenvalue weighted by Gasteiger charge is 2.10. The predicted octanol–water partition coefficient (Wildman–Crippen LogP) is 2.49. The zero-order chi connectivity index (χ0) is 10.1. The molecule has 0 saturated carbocycles. The zero-order valence-electron chi connectivity index (χ0n) is 7.08. The van der Waals surface area contributed by atoms with Crippen LogP contribution >= 0.6 is 27.5 Å². The third-order valence-corrected chi connectivity index (χ3v) is 2.77. The molecule has 14 heavy (non-hydrogen) atoms. The Balaban J connectivity index is 2.77. The van der Waals surface area contributed by atoms with E-state index in [2.05, 4.69) is 20.9 Å². The van der Waals surface area contributed by atoms with Crippen molar-refractivity contribution >= 4 is 39.3 Å². The van der Waals surface area contributed by atoms with Crippen molar-refractivity contribution in [3.8, 4) is 0 Å². The highest BCUT2D eigenvalue weighted by Crippen LogP contribution is 2.25. The van der Waals surface area contributed by atoms with Gasteiger partial charge in [-0.05, 0) is 28.1 Å². The Morgan fingerprint density at radius 3 is 3.14 bits per heavy atom. The standard InChI is InChI=1S/C9H6BrClN2O/c10-9-8-6(11)2-1-4-13(8)7(12-9)3-5-14/h1-2,4-5H,3H2. The number of hydrogen-bond acceptors (Lipinski definition) is 2. The maximum Gasteiger partial charge on any atom is 0.133 e.